The quantitative estimate of drug-likeness (QED) is 0.137. The molecule has 200 valence electrons. The molecule has 0 heterocycles. The molecular weight excluding hydrogens is 571 g/mol. The number of hydrogen-bond acceptors (Lipinski definition) is 0. The van der Waals surface area contributed by atoms with Gasteiger partial charge >= 0.3 is 71.2 Å². The molecule has 5 rings (SSSR count). The van der Waals surface area contributed by atoms with Gasteiger partial charge in [0.15, 0.2) is 0 Å². The topological polar surface area (TPSA) is 0 Å². The van der Waals surface area contributed by atoms with Crippen molar-refractivity contribution in [1.82, 2.24) is 0 Å². The Morgan fingerprint density at radius 1 is 0.649 bits per heavy atom. The fraction of sp³-hybridized carbons (Fsp3) is 0.441. The summed E-state index contributed by atoms with van der Waals surface area (Å²) in [6, 6.07) is 26.4. The van der Waals surface area contributed by atoms with E-state index in [1.165, 1.54) is 119 Å². The summed E-state index contributed by atoms with van der Waals surface area (Å²) in [6.45, 7) is 4.51. The van der Waals surface area contributed by atoms with Crippen molar-refractivity contribution in [2.45, 2.75) is 97.3 Å². The maximum absolute atomic E-state index is 5.88. The third kappa shape index (κ3) is 10.2. The van der Waals surface area contributed by atoms with Gasteiger partial charge in [0.2, 0.25) is 0 Å². The molecule has 0 radical (unpaired) electrons. The van der Waals surface area contributed by atoms with E-state index in [0.717, 1.165) is 0 Å². The standard InChI is InChI=1S/2C14H17.C6H10.2ClH.Zr/c2*1-2-3-4-7-12-10-11-13-8-5-6-9-14(12)13;1-2-4-6-5-3-1;;;/h2*5-6,8-11H,2-4,7H2,1H3;1-5H2;2*1H;/q2*-1;;;;+2/p-2. The van der Waals surface area contributed by atoms with Crippen molar-refractivity contribution < 1.29 is 18.9 Å². The monoisotopic (exact) mass is 612 g/mol. The molecule has 1 fully saturated rings. The van der Waals surface area contributed by atoms with Crippen LogP contribution in [0.2, 0.25) is 0 Å². The van der Waals surface area contributed by atoms with E-state index < -0.39 is 18.9 Å². The molecule has 0 unspecified atom stereocenters. The van der Waals surface area contributed by atoms with E-state index in [1.807, 2.05) is 0 Å². The van der Waals surface area contributed by atoms with Crippen LogP contribution in [-0.2, 0) is 31.7 Å². The van der Waals surface area contributed by atoms with Crippen LogP contribution >= 0.6 is 17.0 Å². The van der Waals surface area contributed by atoms with Crippen molar-refractivity contribution in [2.75, 3.05) is 0 Å². The van der Waals surface area contributed by atoms with Crippen molar-refractivity contribution in [3.63, 3.8) is 0 Å². The minimum atomic E-state index is -1.88. The fourth-order valence-electron chi connectivity index (χ4n) is 5.16. The number of fused-ring (bicyclic) bond motifs is 2. The third-order valence-electron chi connectivity index (χ3n) is 7.37. The van der Waals surface area contributed by atoms with E-state index in [4.69, 9.17) is 17.0 Å². The average Bonchev–Trinajstić information content (AvgIpc) is 3.55. The van der Waals surface area contributed by atoms with Gasteiger partial charge in [-0.1, -0.05) is 77.3 Å². The van der Waals surface area contributed by atoms with Gasteiger partial charge in [-0.05, 0) is 0 Å². The summed E-state index contributed by atoms with van der Waals surface area (Å²) in [5.41, 5.74) is 3.04. The average molecular weight is 615 g/mol. The van der Waals surface area contributed by atoms with E-state index in [0.29, 0.717) is 0 Å². The van der Waals surface area contributed by atoms with Crippen LogP contribution in [0.3, 0.4) is 0 Å². The van der Waals surface area contributed by atoms with E-state index in [2.05, 4.69) is 86.6 Å². The SMILES string of the molecule is CCCCCc1c[cH-]c2ccccc12.CCCCCc1c[cH-]c2ccccc12.[Cl][Zr]([Cl])=[C]1CCCCC1. The van der Waals surface area contributed by atoms with Crippen molar-refractivity contribution in [3.8, 4) is 0 Å². The van der Waals surface area contributed by atoms with Gasteiger partial charge in [-0.2, -0.15) is 11.1 Å². The Morgan fingerprint density at radius 3 is 1.51 bits per heavy atom. The molecular formula is C34H44Cl2Zr-2. The van der Waals surface area contributed by atoms with Crippen molar-refractivity contribution >= 4 is 41.8 Å². The summed E-state index contributed by atoms with van der Waals surface area (Å²) in [5, 5.41) is 5.67. The molecule has 1 saturated carbocycles. The molecule has 0 atom stereocenters. The van der Waals surface area contributed by atoms with Gasteiger partial charge in [0.25, 0.3) is 0 Å². The molecule has 0 bridgehead atoms. The van der Waals surface area contributed by atoms with Gasteiger partial charge in [0, 0.05) is 0 Å². The van der Waals surface area contributed by atoms with Crippen LogP contribution in [-0.4, -0.2) is 3.21 Å². The summed E-state index contributed by atoms with van der Waals surface area (Å²) in [6.07, 6.45) is 16.9. The summed E-state index contributed by atoms with van der Waals surface area (Å²) >= 11 is -1.88. The summed E-state index contributed by atoms with van der Waals surface area (Å²) in [5.74, 6) is 0. The second-order valence-electron chi connectivity index (χ2n) is 10.2. The number of hydrogen-bond donors (Lipinski definition) is 0. The number of aryl methyl sites for hydroxylation is 2. The molecule has 4 aromatic carbocycles. The Morgan fingerprint density at radius 2 is 1.11 bits per heavy atom. The fourth-order valence-corrected chi connectivity index (χ4v) is 9.20. The van der Waals surface area contributed by atoms with Crippen LogP contribution in [0.1, 0.15) is 95.6 Å². The predicted octanol–water partition coefficient (Wildman–Crippen LogP) is 11.6. The molecule has 1 aliphatic rings. The molecule has 0 amide bonds. The van der Waals surface area contributed by atoms with Gasteiger partial charge in [-0.15, -0.1) is 82.2 Å². The van der Waals surface area contributed by atoms with E-state index >= 15 is 0 Å². The van der Waals surface area contributed by atoms with Crippen LogP contribution in [0.15, 0.2) is 72.8 Å². The van der Waals surface area contributed by atoms with E-state index in [-0.39, 0.29) is 0 Å². The molecule has 0 N–H and O–H groups in total. The molecule has 4 aromatic rings. The minimum absolute atomic E-state index is 1.24. The van der Waals surface area contributed by atoms with Gasteiger partial charge in [0.1, 0.15) is 0 Å². The van der Waals surface area contributed by atoms with Crippen LogP contribution in [0.5, 0.6) is 0 Å². The summed E-state index contributed by atoms with van der Waals surface area (Å²) < 4.78 is 1.53. The molecule has 1 aliphatic carbocycles. The van der Waals surface area contributed by atoms with Crippen molar-refractivity contribution in [3.05, 3.63) is 83.9 Å². The summed E-state index contributed by atoms with van der Waals surface area (Å²) in [7, 11) is 11.8. The Kier molecular flexibility index (Phi) is 14.5. The third-order valence-corrected chi connectivity index (χ3v) is 13.1. The molecule has 0 nitrogen and oxygen atoms in total. The van der Waals surface area contributed by atoms with E-state index in [1.54, 1.807) is 0 Å². The van der Waals surface area contributed by atoms with Crippen molar-refractivity contribution in [2.24, 2.45) is 0 Å². The Balaban J connectivity index is 0.000000159. The molecule has 3 heteroatoms. The first-order chi connectivity index (χ1) is 18.1. The van der Waals surface area contributed by atoms with Gasteiger partial charge in [-0.25, -0.2) is 0 Å². The maximum atomic E-state index is 5.88. The molecule has 0 spiro atoms. The zero-order chi connectivity index (χ0) is 26.3. The molecule has 0 saturated heterocycles. The molecule has 37 heavy (non-hydrogen) atoms. The zero-order valence-corrected chi connectivity index (χ0v) is 26.8. The second-order valence-corrected chi connectivity index (χ2v) is 18.9. The van der Waals surface area contributed by atoms with Crippen molar-refractivity contribution in [1.29, 1.82) is 0 Å². The van der Waals surface area contributed by atoms with E-state index in [9.17, 15) is 0 Å². The summed E-state index contributed by atoms with van der Waals surface area (Å²) in [4.78, 5) is 0. The zero-order valence-electron chi connectivity index (χ0n) is 22.9. The number of rotatable bonds is 8. The van der Waals surface area contributed by atoms with Gasteiger partial charge in [0.05, 0.1) is 0 Å². The Bertz CT molecular complexity index is 1120. The number of benzene rings is 2. The van der Waals surface area contributed by atoms with Crippen LogP contribution in [0, 0.1) is 0 Å². The number of unbranched alkanes of at least 4 members (excludes halogenated alkanes) is 4. The van der Waals surface area contributed by atoms with Gasteiger partial charge in [-0.3, -0.25) is 0 Å². The Hall–Kier alpha value is -1.01. The molecule has 0 aliphatic heterocycles. The van der Waals surface area contributed by atoms with Crippen LogP contribution in [0.25, 0.3) is 21.5 Å². The van der Waals surface area contributed by atoms with Gasteiger partial charge < -0.3 is 0 Å². The first-order valence-electron chi connectivity index (χ1n) is 14.4. The molecule has 0 aromatic heterocycles. The first-order valence-corrected chi connectivity index (χ1v) is 22.0. The normalized spacial score (nSPS) is 13.1. The van der Waals surface area contributed by atoms with Crippen LogP contribution in [0.4, 0.5) is 0 Å². The Labute approximate surface area is 240 Å². The second kappa shape index (κ2) is 17.6. The predicted molar refractivity (Wildman–Crippen MR) is 165 cm³/mol. The van der Waals surface area contributed by atoms with Crippen LogP contribution < -0.4 is 0 Å². The number of halogens is 2. The first kappa shape index (κ1) is 30.5.